The van der Waals surface area contributed by atoms with E-state index in [0.29, 0.717) is 12.2 Å². The number of aromatic nitrogens is 2. The molecule has 1 aliphatic rings. The maximum atomic E-state index is 9.55. The fourth-order valence-electron chi connectivity index (χ4n) is 3.21. The average Bonchev–Trinajstić information content (AvgIpc) is 2.78. The molecule has 0 amide bonds. The van der Waals surface area contributed by atoms with E-state index in [1.165, 1.54) is 5.69 Å². The Kier molecular flexibility index (Phi) is 9.60. The summed E-state index contributed by atoms with van der Waals surface area (Å²) in [5.74, 6) is -2.51. The number of carbonyl (C=O) groups is 2. The number of hydrogen-bond donors (Lipinski definition) is 2. The van der Waals surface area contributed by atoms with E-state index in [0.717, 1.165) is 44.1 Å². The molecule has 166 valence electrons. The van der Waals surface area contributed by atoms with Gasteiger partial charge in [0.25, 0.3) is 0 Å². The van der Waals surface area contributed by atoms with Gasteiger partial charge in [-0.3, -0.25) is 14.9 Å². The first kappa shape index (κ1) is 24.0. The van der Waals surface area contributed by atoms with Crippen molar-refractivity contribution in [1.82, 2.24) is 14.9 Å². The van der Waals surface area contributed by atoms with Gasteiger partial charge in [-0.15, -0.1) is 0 Å². The lowest BCUT2D eigenvalue weighted by molar-refractivity contribution is -0.134. The summed E-state index contributed by atoms with van der Waals surface area (Å²) in [6.07, 6.45) is 4.56. The van der Waals surface area contributed by atoms with Gasteiger partial charge in [0.05, 0.1) is 11.4 Å². The van der Waals surface area contributed by atoms with Gasteiger partial charge in [-0.1, -0.05) is 18.2 Å². The minimum Gasteiger partial charge on any atom is -0.478 e. The Bertz CT molecular complexity index is 851. The van der Waals surface area contributed by atoms with E-state index in [-0.39, 0.29) is 6.10 Å². The first-order chi connectivity index (χ1) is 14.9. The predicted octanol–water partition coefficient (Wildman–Crippen LogP) is 2.01. The molecular formula is C22H28N4O5. The number of piperazine rings is 1. The Morgan fingerprint density at radius 3 is 2.13 bits per heavy atom. The number of para-hydroxylation sites is 1. The maximum absolute atomic E-state index is 9.55. The SMILES string of the molecule is COC(CN1CCN(c2ccccc2)CC1)c1nccnc1C.O=C(O)/C=C/C(=O)O. The minimum absolute atomic E-state index is 0.0213. The van der Waals surface area contributed by atoms with E-state index in [4.69, 9.17) is 14.9 Å². The second-order valence-corrected chi connectivity index (χ2v) is 6.88. The number of aliphatic carboxylic acids is 2. The van der Waals surface area contributed by atoms with Gasteiger partial charge in [-0.25, -0.2) is 9.59 Å². The van der Waals surface area contributed by atoms with Crippen LogP contribution in [0.4, 0.5) is 5.69 Å². The molecule has 3 rings (SSSR count). The summed E-state index contributed by atoms with van der Waals surface area (Å²) in [5.41, 5.74) is 3.20. The fourth-order valence-corrected chi connectivity index (χ4v) is 3.21. The van der Waals surface area contributed by atoms with Crippen LogP contribution in [0.5, 0.6) is 0 Å². The molecule has 0 saturated carbocycles. The molecule has 1 atom stereocenters. The molecule has 1 saturated heterocycles. The fraction of sp³-hybridized carbons (Fsp3) is 0.364. The van der Waals surface area contributed by atoms with Gasteiger partial charge >= 0.3 is 11.9 Å². The highest BCUT2D eigenvalue weighted by molar-refractivity contribution is 5.89. The van der Waals surface area contributed by atoms with Gasteiger partial charge < -0.3 is 19.8 Å². The molecule has 2 N–H and O–H groups in total. The van der Waals surface area contributed by atoms with Crippen molar-refractivity contribution in [2.24, 2.45) is 0 Å². The van der Waals surface area contributed by atoms with Crippen LogP contribution >= 0.6 is 0 Å². The number of methoxy groups -OCH3 is 1. The van der Waals surface area contributed by atoms with E-state index < -0.39 is 11.9 Å². The van der Waals surface area contributed by atoms with Crippen molar-refractivity contribution in [1.29, 1.82) is 0 Å². The number of carboxylic acids is 2. The molecule has 0 bridgehead atoms. The zero-order chi connectivity index (χ0) is 22.6. The normalized spacial score (nSPS) is 15.2. The number of rotatable bonds is 7. The highest BCUT2D eigenvalue weighted by Gasteiger charge is 2.23. The minimum atomic E-state index is -1.26. The molecule has 0 aliphatic carbocycles. The molecule has 1 fully saturated rings. The summed E-state index contributed by atoms with van der Waals surface area (Å²) in [6.45, 7) is 7.00. The Hall–Kier alpha value is -3.30. The van der Waals surface area contributed by atoms with Gasteiger partial charge in [0, 0.05) is 70.1 Å². The number of hydrogen-bond acceptors (Lipinski definition) is 7. The summed E-state index contributed by atoms with van der Waals surface area (Å²) < 4.78 is 5.67. The molecule has 1 aromatic carbocycles. The number of ether oxygens (including phenoxy) is 1. The maximum Gasteiger partial charge on any atom is 0.328 e. The second-order valence-electron chi connectivity index (χ2n) is 6.88. The van der Waals surface area contributed by atoms with Crippen LogP contribution in [0.2, 0.25) is 0 Å². The Balaban J connectivity index is 0.000000366. The van der Waals surface area contributed by atoms with Crippen molar-refractivity contribution in [2.45, 2.75) is 13.0 Å². The van der Waals surface area contributed by atoms with E-state index in [2.05, 4.69) is 50.1 Å². The molecule has 1 aromatic heterocycles. The van der Waals surface area contributed by atoms with Crippen molar-refractivity contribution in [2.75, 3.05) is 44.7 Å². The lowest BCUT2D eigenvalue weighted by atomic mass is 10.1. The average molecular weight is 428 g/mol. The summed E-state index contributed by atoms with van der Waals surface area (Å²) in [7, 11) is 1.75. The van der Waals surface area contributed by atoms with Gasteiger partial charge in [0.15, 0.2) is 0 Å². The topological polar surface area (TPSA) is 116 Å². The quantitative estimate of drug-likeness (QED) is 0.639. The van der Waals surface area contributed by atoms with Gasteiger partial charge in [0.1, 0.15) is 6.10 Å². The van der Waals surface area contributed by atoms with Crippen LogP contribution in [0.1, 0.15) is 17.5 Å². The van der Waals surface area contributed by atoms with Crippen LogP contribution in [-0.2, 0) is 14.3 Å². The van der Waals surface area contributed by atoms with E-state index in [9.17, 15) is 9.59 Å². The third kappa shape index (κ3) is 8.15. The highest BCUT2D eigenvalue weighted by Crippen LogP contribution is 2.20. The van der Waals surface area contributed by atoms with Crippen molar-refractivity contribution in [3.05, 3.63) is 66.3 Å². The summed E-state index contributed by atoms with van der Waals surface area (Å²) in [6, 6.07) is 10.6. The van der Waals surface area contributed by atoms with Crippen molar-refractivity contribution < 1.29 is 24.5 Å². The number of nitrogens with zero attached hydrogens (tertiary/aromatic N) is 4. The number of aryl methyl sites for hydroxylation is 1. The monoisotopic (exact) mass is 428 g/mol. The lowest BCUT2D eigenvalue weighted by Crippen LogP contribution is -2.47. The number of anilines is 1. The molecule has 0 spiro atoms. The third-order valence-corrected chi connectivity index (χ3v) is 4.79. The van der Waals surface area contributed by atoms with Crippen LogP contribution in [0.15, 0.2) is 54.9 Å². The first-order valence-electron chi connectivity index (χ1n) is 9.87. The molecule has 9 heteroatoms. The molecule has 1 unspecified atom stereocenters. The highest BCUT2D eigenvalue weighted by atomic mass is 16.5. The molecule has 2 aromatic rings. The summed E-state index contributed by atoms with van der Waals surface area (Å²) in [4.78, 5) is 32.8. The van der Waals surface area contributed by atoms with Crippen LogP contribution in [0, 0.1) is 6.92 Å². The largest absolute Gasteiger partial charge is 0.478 e. The molecule has 1 aliphatic heterocycles. The van der Waals surface area contributed by atoms with Gasteiger partial charge in [0.2, 0.25) is 0 Å². The van der Waals surface area contributed by atoms with E-state index >= 15 is 0 Å². The van der Waals surface area contributed by atoms with Gasteiger partial charge in [-0.2, -0.15) is 0 Å². The van der Waals surface area contributed by atoms with Crippen LogP contribution in [0.25, 0.3) is 0 Å². The second kappa shape index (κ2) is 12.4. The van der Waals surface area contributed by atoms with Crippen molar-refractivity contribution in [3.8, 4) is 0 Å². The molecule has 0 radical (unpaired) electrons. The number of benzene rings is 1. The smallest absolute Gasteiger partial charge is 0.328 e. The van der Waals surface area contributed by atoms with Crippen LogP contribution in [0.3, 0.4) is 0 Å². The first-order valence-corrected chi connectivity index (χ1v) is 9.87. The molecular weight excluding hydrogens is 400 g/mol. The summed E-state index contributed by atoms with van der Waals surface area (Å²) in [5, 5.41) is 15.6. The Labute approximate surface area is 181 Å². The lowest BCUT2D eigenvalue weighted by Gasteiger charge is -2.37. The van der Waals surface area contributed by atoms with Crippen LogP contribution < -0.4 is 4.90 Å². The van der Waals surface area contributed by atoms with Crippen molar-refractivity contribution >= 4 is 17.6 Å². The molecule has 2 heterocycles. The zero-order valence-corrected chi connectivity index (χ0v) is 17.7. The number of carboxylic acid groups (broad SMARTS) is 2. The van der Waals surface area contributed by atoms with E-state index in [1.54, 1.807) is 19.5 Å². The molecule has 9 nitrogen and oxygen atoms in total. The Morgan fingerprint density at radius 1 is 1.03 bits per heavy atom. The standard InChI is InChI=1S/C18H24N4O.C4H4O4/c1-15-18(20-9-8-19-15)17(23-2)14-21-10-12-22(13-11-21)16-6-4-3-5-7-16;5-3(6)1-2-4(7)8/h3-9,17H,10-14H2,1-2H3;1-2H,(H,5,6)(H,7,8)/b;2-1+. The van der Waals surface area contributed by atoms with Crippen molar-refractivity contribution in [3.63, 3.8) is 0 Å². The Morgan fingerprint density at radius 2 is 1.61 bits per heavy atom. The van der Waals surface area contributed by atoms with Crippen LogP contribution in [-0.4, -0.2) is 76.9 Å². The predicted molar refractivity (Wildman–Crippen MR) is 116 cm³/mol. The van der Waals surface area contributed by atoms with E-state index in [1.807, 2.05) is 6.92 Å². The third-order valence-electron chi connectivity index (χ3n) is 4.79. The van der Waals surface area contributed by atoms with Gasteiger partial charge in [-0.05, 0) is 19.1 Å². The summed E-state index contributed by atoms with van der Waals surface area (Å²) >= 11 is 0. The zero-order valence-electron chi connectivity index (χ0n) is 17.7. The molecule has 31 heavy (non-hydrogen) atoms.